The fraction of sp³-hybridized carbons (Fsp3) is 1.00. The first-order valence-electron chi connectivity index (χ1n) is 10.1. The summed E-state index contributed by atoms with van der Waals surface area (Å²) in [6, 6.07) is 0. The van der Waals surface area contributed by atoms with Crippen molar-refractivity contribution in [2.24, 2.45) is 40.4 Å². The number of fused-ring (bicyclic) bond motifs is 5. The highest BCUT2D eigenvalue weighted by atomic mass is 14.6. The fourth-order valence-electron chi connectivity index (χ4n) is 8.07. The lowest BCUT2D eigenvalue weighted by Gasteiger charge is -2.60. The zero-order valence-electron chi connectivity index (χ0n) is 14.7. The van der Waals surface area contributed by atoms with Gasteiger partial charge in [0.2, 0.25) is 0 Å². The molecule has 0 bridgehead atoms. The van der Waals surface area contributed by atoms with E-state index < -0.39 is 0 Å². The van der Waals surface area contributed by atoms with Crippen molar-refractivity contribution in [2.45, 2.75) is 91.4 Å². The van der Waals surface area contributed by atoms with Crippen LogP contribution in [-0.4, -0.2) is 0 Å². The van der Waals surface area contributed by atoms with Crippen molar-refractivity contribution in [3.63, 3.8) is 0 Å². The molecule has 0 aromatic carbocycles. The standard InChI is InChI=1S/C21H36/c1-4-15-9-11-18-17-10-8-16-7-5-6-13-20(16,2)19(17)12-14-21(15,18)3/h15-19H,4-14H2,1-3H3/t15-,16-,17-,18+,19-,20-,21+/m0/s1. The summed E-state index contributed by atoms with van der Waals surface area (Å²) in [5.41, 5.74) is 1.45. The van der Waals surface area contributed by atoms with E-state index in [2.05, 4.69) is 20.8 Å². The lowest BCUT2D eigenvalue weighted by atomic mass is 9.45. The lowest BCUT2D eigenvalue weighted by molar-refractivity contribution is -0.110. The molecule has 0 spiro atoms. The number of hydrogen-bond acceptors (Lipinski definition) is 0. The maximum atomic E-state index is 2.71. The highest BCUT2D eigenvalue weighted by Crippen LogP contribution is 2.67. The Morgan fingerprint density at radius 1 is 0.762 bits per heavy atom. The molecule has 0 aromatic heterocycles. The van der Waals surface area contributed by atoms with Crippen molar-refractivity contribution in [3.8, 4) is 0 Å². The maximum Gasteiger partial charge on any atom is -0.0266 e. The van der Waals surface area contributed by atoms with Gasteiger partial charge in [-0.2, -0.15) is 0 Å². The van der Waals surface area contributed by atoms with Gasteiger partial charge in [-0.3, -0.25) is 0 Å². The Labute approximate surface area is 132 Å². The summed E-state index contributed by atoms with van der Waals surface area (Å²) in [4.78, 5) is 0. The van der Waals surface area contributed by atoms with Gasteiger partial charge in [0.1, 0.15) is 0 Å². The molecule has 120 valence electrons. The van der Waals surface area contributed by atoms with E-state index in [1.807, 2.05) is 0 Å². The van der Waals surface area contributed by atoms with E-state index in [4.69, 9.17) is 0 Å². The fourth-order valence-corrected chi connectivity index (χ4v) is 8.07. The van der Waals surface area contributed by atoms with Crippen LogP contribution in [-0.2, 0) is 0 Å². The van der Waals surface area contributed by atoms with Crippen molar-refractivity contribution < 1.29 is 0 Å². The van der Waals surface area contributed by atoms with Crippen LogP contribution in [0.3, 0.4) is 0 Å². The van der Waals surface area contributed by atoms with Gasteiger partial charge in [-0.1, -0.05) is 40.0 Å². The SMILES string of the molecule is CC[C@H]1CC[C@@H]2[C@@H]3CC[C@@H]4CCCC[C@]4(C)[C@H]3CC[C@]12C. The molecule has 4 aliphatic carbocycles. The smallest absolute Gasteiger partial charge is 0.0266 e. The van der Waals surface area contributed by atoms with Crippen LogP contribution < -0.4 is 0 Å². The molecule has 0 N–H and O–H groups in total. The highest BCUT2D eigenvalue weighted by molar-refractivity contribution is 5.08. The molecule has 0 aliphatic heterocycles. The third-order valence-corrected chi connectivity index (χ3v) is 9.27. The molecule has 7 atom stereocenters. The third-order valence-electron chi connectivity index (χ3n) is 9.27. The zero-order chi connectivity index (χ0) is 14.7. The second-order valence-corrected chi connectivity index (χ2v) is 9.63. The Morgan fingerprint density at radius 2 is 1.57 bits per heavy atom. The van der Waals surface area contributed by atoms with Crippen LogP contribution >= 0.6 is 0 Å². The summed E-state index contributed by atoms with van der Waals surface area (Å²) in [5.74, 6) is 5.39. The van der Waals surface area contributed by atoms with Gasteiger partial charge in [0.05, 0.1) is 0 Å². The summed E-state index contributed by atoms with van der Waals surface area (Å²) >= 11 is 0. The van der Waals surface area contributed by atoms with E-state index in [-0.39, 0.29) is 0 Å². The minimum Gasteiger partial charge on any atom is -0.0651 e. The molecule has 0 heterocycles. The number of hydrogen-bond donors (Lipinski definition) is 0. The molecule has 0 amide bonds. The van der Waals surface area contributed by atoms with Crippen molar-refractivity contribution in [2.75, 3.05) is 0 Å². The lowest BCUT2D eigenvalue weighted by Crippen LogP contribution is -2.52. The van der Waals surface area contributed by atoms with E-state index in [0.717, 1.165) is 35.0 Å². The van der Waals surface area contributed by atoms with Crippen molar-refractivity contribution in [3.05, 3.63) is 0 Å². The largest absolute Gasteiger partial charge is 0.0651 e. The molecule has 4 rings (SSSR count). The molecule has 4 fully saturated rings. The van der Waals surface area contributed by atoms with Gasteiger partial charge in [0, 0.05) is 0 Å². The van der Waals surface area contributed by atoms with Crippen molar-refractivity contribution in [1.29, 1.82) is 0 Å². The van der Waals surface area contributed by atoms with Crippen LogP contribution in [0, 0.1) is 40.4 Å². The topological polar surface area (TPSA) is 0 Å². The molecule has 21 heavy (non-hydrogen) atoms. The molecule has 4 saturated carbocycles. The quantitative estimate of drug-likeness (QED) is 0.520. The molecule has 0 radical (unpaired) electrons. The predicted octanol–water partition coefficient (Wildman–Crippen LogP) is 6.45. The van der Waals surface area contributed by atoms with Gasteiger partial charge < -0.3 is 0 Å². The molecular weight excluding hydrogens is 252 g/mol. The summed E-state index contributed by atoms with van der Waals surface area (Å²) in [6.45, 7) is 7.84. The van der Waals surface area contributed by atoms with E-state index in [1.54, 1.807) is 51.4 Å². The second-order valence-electron chi connectivity index (χ2n) is 9.63. The van der Waals surface area contributed by atoms with Crippen LogP contribution in [0.15, 0.2) is 0 Å². The average Bonchev–Trinajstić information content (AvgIpc) is 2.83. The minimum atomic E-state index is 0.716. The molecule has 0 nitrogen and oxygen atoms in total. The van der Waals surface area contributed by atoms with E-state index in [0.29, 0.717) is 5.41 Å². The molecule has 0 heteroatoms. The molecule has 0 unspecified atom stereocenters. The van der Waals surface area contributed by atoms with E-state index in [1.165, 1.54) is 19.3 Å². The first kappa shape index (κ1) is 14.6. The number of rotatable bonds is 1. The predicted molar refractivity (Wildman–Crippen MR) is 90.1 cm³/mol. The van der Waals surface area contributed by atoms with Crippen molar-refractivity contribution in [1.82, 2.24) is 0 Å². The van der Waals surface area contributed by atoms with Gasteiger partial charge in [0.25, 0.3) is 0 Å². The van der Waals surface area contributed by atoms with E-state index >= 15 is 0 Å². The summed E-state index contributed by atoms with van der Waals surface area (Å²) in [6.07, 6.45) is 17.0. The maximum absolute atomic E-state index is 2.71. The monoisotopic (exact) mass is 288 g/mol. The Morgan fingerprint density at radius 3 is 2.38 bits per heavy atom. The molecule has 4 aliphatic rings. The van der Waals surface area contributed by atoms with Crippen molar-refractivity contribution >= 4 is 0 Å². The van der Waals surface area contributed by atoms with Gasteiger partial charge in [0.15, 0.2) is 0 Å². The Kier molecular flexibility index (Phi) is 3.47. The minimum absolute atomic E-state index is 0.716. The van der Waals surface area contributed by atoms with Crippen LogP contribution in [0.5, 0.6) is 0 Å². The molecule has 0 saturated heterocycles. The zero-order valence-corrected chi connectivity index (χ0v) is 14.7. The average molecular weight is 289 g/mol. The van der Waals surface area contributed by atoms with Gasteiger partial charge in [-0.25, -0.2) is 0 Å². The van der Waals surface area contributed by atoms with E-state index in [9.17, 15) is 0 Å². The van der Waals surface area contributed by atoms with Crippen LogP contribution in [0.2, 0.25) is 0 Å². The molecule has 0 aromatic rings. The Hall–Kier alpha value is 0. The first-order valence-corrected chi connectivity index (χ1v) is 10.1. The first-order chi connectivity index (χ1) is 10.1. The normalized spacial score (nSPS) is 56.4. The van der Waals surface area contributed by atoms with Gasteiger partial charge >= 0.3 is 0 Å². The van der Waals surface area contributed by atoms with Gasteiger partial charge in [-0.15, -0.1) is 0 Å². The van der Waals surface area contributed by atoms with Gasteiger partial charge in [-0.05, 0) is 91.8 Å². The highest BCUT2D eigenvalue weighted by Gasteiger charge is 2.59. The third kappa shape index (κ3) is 1.93. The van der Waals surface area contributed by atoms with Crippen LogP contribution in [0.1, 0.15) is 91.4 Å². The Balaban J connectivity index is 1.62. The summed E-state index contributed by atoms with van der Waals surface area (Å²) in [7, 11) is 0. The summed E-state index contributed by atoms with van der Waals surface area (Å²) < 4.78 is 0. The molecular formula is C21H36. The second kappa shape index (κ2) is 5.00. The van der Waals surface area contributed by atoms with Crippen LogP contribution in [0.4, 0.5) is 0 Å². The van der Waals surface area contributed by atoms with Crippen LogP contribution in [0.25, 0.3) is 0 Å². The Bertz CT molecular complexity index is 399. The summed E-state index contributed by atoms with van der Waals surface area (Å²) in [5, 5.41) is 0.